The Morgan fingerprint density at radius 2 is 1.91 bits per heavy atom. The van der Waals surface area contributed by atoms with E-state index in [1.165, 1.54) is 25.6 Å². The fourth-order valence-electron chi connectivity index (χ4n) is 1.99. The van der Waals surface area contributed by atoms with Gasteiger partial charge in [-0.05, 0) is 42.3 Å². The number of carbonyl (C=O) groups is 1. The third-order valence-electron chi connectivity index (χ3n) is 3.23. The highest BCUT2D eigenvalue weighted by atomic mass is 35.5. The van der Waals surface area contributed by atoms with Gasteiger partial charge in [0, 0.05) is 24.1 Å². The third-order valence-corrected chi connectivity index (χ3v) is 6.41. The van der Waals surface area contributed by atoms with Crippen LogP contribution in [0.2, 0.25) is 5.02 Å². The van der Waals surface area contributed by atoms with Crippen LogP contribution >= 0.6 is 30.5 Å². The third kappa shape index (κ3) is 3.86. The Bertz CT molecular complexity index is 733. The molecule has 0 saturated heterocycles. The van der Waals surface area contributed by atoms with Crippen molar-refractivity contribution in [2.75, 3.05) is 20.4 Å². The zero-order valence-electron chi connectivity index (χ0n) is 12.5. The number of hydrogen-bond donors (Lipinski definition) is 0. The molecule has 1 aromatic carbocycles. The van der Waals surface area contributed by atoms with Crippen LogP contribution in [0.4, 0.5) is 0 Å². The van der Waals surface area contributed by atoms with E-state index in [9.17, 15) is 9.36 Å². The van der Waals surface area contributed by atoms with Crippen LogP contribution in [0.1, 0.15) is 15.2 Å². The number of aryl methyl sites for hydroxylation is 1. The maximum atomic E-state index is 12.2. The van der Waals surface area contributed by atoms with Gasteiger partial charge in [-0.25, -0.2) is 0 Å². The Balaban J connectivity index is 2.24. The summed E-state index contributed by atoms with van der Waals surface area (Å²) in [7, 11) is -0.797. The van der Waals surface area contributed by atoms with E-state index in [0.717, 1.165) is 16.0 Å². The molecule has 0 spiro atoms. The molecule has 0 fully saturated rings. The quantitative estimate of drug-likeness (QED) is 0.536. The van der Waals surface area contributed by atoms with Gasteiger partial charge in [0.25, 0.3) is 0 Å². The van der Waals surface area contributed by atoms with Crippen molar-refractivity contribution in [1.82, 2.24) is 0 Å². The molecule has 0 N–H and O–H groups in total. The summed E-state index contributed by atoms with van der Waals surface area (Å²) in [6.45, 7) is 1.96. The maximum absolute atomic E-state index is 12.2. The molecule has 7 heteroatoms. The second kappa shape index (κ2) is 7.07. The first-order chi connectivity index (χ1) is 10.4. The van der Waals surface area contributed by atoms with Crippen molar-refractivity contribution in [2.24, 2.45) is 0 Å². The summed E-state index contributed by atoms with van der Waals surface area (Å²) >= 11 is 7.31. The Hall–Kier alpha value is -0.970. The normalized spacial score (nSPS) is 11.6. The van der Waals surface area contributed by atoms with Gasteiger partial charge >= 0.3 is 7.60 Å². The monoisotopic (exact) mass is 358 g/mol. The van der Waals surface area contributed by atoms with Gasteiger partial charge in [0.05, 0.1) is 4.88 Å². The lowest BCUT2D eigenvalue weighted by Crippen LogP contribution is -2.06. The molecule has 0 saturated carbocycles. The number of ketones is 1. The summed E-state index contributed by atoms with van der Waals surface area (Å²) in [6, 6.07) is 9.22. The molecular weight excluding hydrogens is 343 g/mol. The standard InChI is InChI=1S/C15H16ClO4PS/c1-10-8-11(16)4-5-12(10)14-6-7-15(22-14)13(17)9-21(18,19-2)20-3/h4-8H,9H2,1-3H3. The van der Waals surface area contributed by atoms with Gasteiger partial charge in [-0.2, -0.15) is 0 Å². The SMILES string of the molecule is COP(=O)(CC(=O)c1ccc(-c2ccc(Cl)cc2C)s1)OC. The first-order valence-electron chi connectivity index (χ1n) is 6.48. The highest BCUT2D eigenvalue weighted by molar-refractivity contribution is 7.55. The molecule has 0 aliphatic heterocycles. The van der Waals surface area contributed by atoms with Crippen LogP contribution in [0.15, 0.2) is 30.3 Å². The summed E-state index contributed by atoms with van der Waals surface area (Å²) in [5.41, 5.74) is 2.06. The van der Waals surface area contributed by atoms with E-state index in [1.54, 1.807) is 6.07 Å². The summed E-state index contributed by atoms with van der Waals surface area (Å²) in [4.78, 5) is 13.7. The molecule has 22 heavy (non-hydrogen) atoms. The smallest absolute Gasteiger partial charge is 0.312 e. The molecule has 0 atom stereocenters. The van der Waals surface area contributed by atoms with Crippen molar-refractivity contribution >= 4 is 36.3 Å². The average Bonchev–Trinajstić information content (AvgIpc) is 2.96. The summed E-state index contributed by atoms with van der Waals surface area (Å²) in [5, 5.41) is 0.676. The van der Waals surface area contributed by atoms with E-state index in [-0.39, 0.29) is 11.9 Å². The topological polar surface area (TPSA) is 52.6 Å². The minimum atomic E-state index is -3.34. The van der Waals surface area contributed by atoms with E-state index in [0.29, 0.717) is 9.90 Å². The van der Waals surface area contributed by atoms with Crippen molar-refractivity contribution in [3.05, 3.63) is 45.8 Å². The van der Waals surface area contributed by atoms with E-state index >= 15 is 0 Å². The van der Waals surface area contributed by atoms with Gasteiger partial charge in [0.2, 0.25) is 0 Å². The van der Waals surface area contributed by atoms with Gasteiger partial charge in [0.15, 0.2) is 5.78 Å². The first-order valence-corrected chi connectivity index (χ1v) is 9.41. The minimum Gasteiger partial charge on any atom is -0.312 e. The van der Waals surface area contributed by atoms with Crippen LogP contribution in [-0.4, -0.2) is 26.2 Å². The molecular formula is C15H16ClO4PS. The van der Waals surface area contributed by atoms with Crippen molar-refractivity contribution in [1.29, 1.82) is 0 Å². The molecule has 0 bridgehead atoms. The lowest BCUT2D eigenvalue weighted by atomic mass is 10.1. The molecule has 0 radical (unpaired) electrons. The molecule has 0 unspecified atom stereocenters. The number of carbonyl (C=O) groups excluding carboxylic acids is 1. The van der Waals surface area contributed by atoms with Crippen LogP contribution in [-0.2, 0) is 13.6 Å². The molecule has 118 valence electrons. The lowest BCUT2D eigenvalue weighted by Gasteiger charge is -2.11. The molecule has 1 aromatic heterocycles. The van der Waals surface area contributed by atoms with Crippen molar-refractivity contribution in [3.8, 4) is 10.4 Å². The van der Waals surface area contributed by atoms with Crippen LogP contribution in [0.3, 0.4) is 0 Å². The van der Waals surface area contributed by atoms with E-state index in [2.05, 4.69) is 0 Å². The molecule has 2 rings (SSSR count). The average molecular weight is 359 g/mol. The summed E-state index contributed by atoms with van der Waals surface area (Å²) in [5.74, 6) is -0.255. The number of thiophene rings is 1. The van der Waals surface area contributed by atoms with Crippen molar-refractivity contribution < 1.29 is 18.4 Å². The Labute approximate surface area is 138 Å². The van der Waals surface area contributed by atoms with E-state index < -0.39 is 7.60 Å². The first kappa shape index (κ1) is 17.4. The Morgan fingerprint density at radius 1 is 1.23 bits per heavy atom. The van der Waals surface area contributed by atoms with E-state index in [4.69, 9.17) is 20.6 Å². The van der Waals surface area contributed by atoms with Crippen molar-refractivity contribution in [2.45, 2.75) is 6.92 Å². The second-order valence-corrected chi connectivity index (χ2v) is 8.47. The fourth-order valence-corrected chi connectivity index (χ4v) is 4.29. The Kier molecular flexibility index (Phi) is 5.59. The fraction of sp³-hybridized carbons (Fsp3) is 0.267. The molecule has 1 heterocycles. The van der Waals surface area contributed by atoms with Gasteiger partial charge in [-0.15, -0.1) is 11.3 Å². The predicted octanol–water partition coefficient (Wildman–Crippen LogP) is 5.05. The van der Waals surface area contributed by atoms with Gasteiger partial charge in [-0.3, -0.25) is 9.36 Å². The van der Waals surface area contributed by atoms with E-state index in [1.807, 2.05) is 31.2 Å². The number of halogens is 1. The zero-order valence-corrected chi connectivity index (χ0v) is 14.9. The molecule has 2 aromatic rings. The number of rotatable bonds is 6. The number of benzene rings is 1. The second-order valence-electron chi connectivity index (χ2n) is 4.68. The molecule has 0 aliphatic carbocycles. The summed E-state index contributed by atoms with van der Waals surface area (Å²) in [6.07, 6.45) is -0.264. The van der Waals surface area contributed by atoms with Crippen LogP contribution in [0.5, 0.6) is 0 Å². The van der Waals surface area contributed by atoms with Crippen LogP contribution in [0, 0.1) is 6.92 Å². The number of hydrogen-bond acceptors (Lipinski definition) is 5. The highest BCUT2D eigenvalue weighted by Crippen LogP contribution is 2.47. The van der Waals surface area contributed by atoms with Gasteiger partial charge < -0.3 is 9.05 Å². The maximum Gasteiger partial charge on any atom is 0.337 e. The summed E-state index contributed by atoms with van der Waals surface area (Å²) < 4.78 is 21.6. The highest BCUT2D eigenvalue weighted by Gasteiger charge is 2.27. The van der Waals surface area contributed by atoms with Crippen LogP contribution in [0.25, 0.3) is 10.4 Å². The molecule has 0 amide bonds. The molecule has 4 nitrogen and oxygen atoms in total. The minimum absolute atomic E-state index is 0.255. The largest absolute Gasteiger partial charge is 0.337 e. The van der Waals surface area contributed by atoms with Crippen molar-refractivity contribution in [3.63, 3.8) is 0 Å². The van der Waals surface area contributed by atoms with Crippen LogP contribution < -0.4 is 0 Å². The Morgan fingerprint density at radius 3 is 2.50 bits per heavy atom. The zero-order chi connectivity index (χ0) is 16.3. The predicted molar refractivity (Wildman–Crippen MR) is 90.3 cm³/mol. The number of Topliss-reactive ketones (excluding diaryl/α,β-unsaturated/α-hetero) is 1. The van der Waals surface area contributed by atoms with Gasteiger partial charge in [-0.1, -0.05) is 17.7 Å². The molecule has 0 aliphatic rings. The van der Waals surface area contributed by atoms with Gasteiger partial charge in [0.1, 0.15) is 6.16 Å². The lowest BCUT2D eigenvalue weighted by molar-refractivity contribution is 0.101.